The molecule has 21 heavy (non-hydrogen) atoms. The topological polar surface area (TPSA) is 29.3 Å². The second kappa shape index (κ2) is 7.42. The van der Waals surface area contributed by atoms with Crippen molar-refractivity contribution in [1.29, 1.82) is 0 Å². The van der Waals surface area contributed by atoms with Crippen LogP contribution in [-0.4, -0.2) is 23.5 Å². The highest BCUT2D eigenvalue weighted by Crippen LogP contribution is 2.37. The summed E-state index contributed by atoms with van der Waals surface area (Å²) in [6, 6.07) is 8.78. The van der Waals surface area contributed by atoms with E-state index >= 15 is 0 Å². The van der Waals surface area contributed by atoms with Gasteiger partial charge in [0.25, 0.3) is 0 Å². The molecule has 2 heteroatoms. The lowest BCUT2D eigenvalue weighted by Gasteiger charge is -2.47. The standard InChI is InChI=1S/C19H32N2/c1-4-13-21(14-18-8-6-5-7-17(18)3)19(15-20)11-9-16(2)10-12-19/h5-8,16H,4,9-15,20H2,1-3H3. The number of nitrogens with zero attached hydrogens (tertiary/aromatic N) is 1. The van der Waals surface area contributed by atoms with E-state index in [-0.39, 0.29) is 5.54 Å². The van der Waals surface area contributed by atoms with Crippen LogP contribution in [0.2, 0.25) is 0 Å². The van der Waals surface area contributed by atoms with E-state index in [4.69, 9.17) is 5.73 Å². The summed E-state index contributed by atoms with van der Waals surface area (Å²) in [5.41, 5.74) is 9.35. The number of aryl methyl sites for hydroxylation is 1. The summed E-state index contributed by atoms with van der Waals surface area (Å²) in [7, 11) is 0. The van der Waals surface area contributed by atoms with Crippen molar-refractivity contribution in [2.24, 2.45) is 11.7 Å². The molecule has 1 aromatic carbocycles. The van der Waals surface area contributed by atoms with Crippen LogP contribution in [0.4, 0.5) is 0 Å². The molecule has 2 rings (SSSR count). The molecule has 0 unspecified atom stereocenters. The normalized spacial score (nSPS) is 26.2. The minimum Gasteiger partial charge on any atom is -0.329 e. The van der Waals surface area contributed by atoms with Gasteiger partial charge in [0.1, 0.15) is 0 Å². The van der Waals surface area contributed by atoms with Crippen molar-refractivity contribution in [2.75, 3.05) is 13.1 Å². The van der Waals surface area contributed by atoms with Gasteiger partial charge in [0.15, 0.2) is 0 Å². The Labute approximate surface area is 130 Å². The predicted octanol–water partition coefficient (Wildman–Crippen LogP) is 4.11. The summed E-state index contributed by atoms with van der Waals surface area (Å²) < 4.78 is 0. The van der Waals surface area contributed by atoms with Crippen LogP contribution in [0.5, 0.6) is 0 Å². The van der Waals surface area contributed by atoms with E-state index in [0.29, 0.717) is 0 Å². The van der Waals surface area contributed by atoms with Crippen molar-refractivity contribution >= 4 is 0 Å². The van der Waals surface area contributed by atoms with Gasteiger partial charge in [0.05, 0.1) is 0 Å². The van der Waals surface area contributed by atoms with Gasteiger partial charge in [-0.1, -0.05) is 38.1 Å². The lowest BCUT2D eigenvalue weighted by Crippen LogP contribution is -2.55. The van der Waals surface area contributed by atoms with Crippen LogP contribution in [0, 0.1) is 12.8 Å². The lowest BCUT2D eigenvalue weighted by molar-refractivity contribution is 0.0375. The van der Waals surface area contributed by atoms with Crippen molar-refractivity contribution in [2.45, 2.75) is 65.0 Å². The number of hydrogen-bond donors (Lipinski definition) is 1. The molecule has 0 radical (unpaired) electrons. The molecule has 0 saturated heterocycles. The maximum atomic E-state index is 6.26. The lowest BCUT2D eigenvalue weighted by atomic mass is 9.75. The number of rotatable bonds is 6. The third-order valence-electron chi connectivity index (χ3n) is 5.37. The number of hydrogen-bond acceptors (Lipinski definition) is 2. The van der Waals surface area contributed by atoms with Gasteiger partial charge in [-0.05, 0) is 62.6 Å². The minimum atomic E-state index is 0.227. The molecule has 0 atom stereocenters. The highest BCUT2D eigenvalue weighted by molar-refractivity contribution is 5.25. The maximum absolute atomic E-state index is 6.26. The minimum absolute atomic E-state index is 0.227. The summed E-state index contributed by atoms with van der Waals surface area (Å²) in [6.45, 7) is 9.88. The average Bonchev–Trinajstić information content (AvgIpc) is 2.50. The molecular formula is C19H32N2. The first kappa shape index (κ1) is 16.5. The second-order valence-corrected chi connectivity index (χ2v) is 6.96. The van der Waals surface area contributed by atoms with Gasteiger partial charge in [-0.25, -0.2) is 0 Å². The molecule has 0 aromatic heterocycles. The summed E-state index contributed by atoms with van der Waals surface area (Å²) in [5, 5.41) is 0. The smallest absolute Gasteiger partial charge is 0.0335 e. The first-order valence-electron chi connectivity index (χ1n) is 8.61. The van der Waals surface area contributed by atoms with Crippen LogP contribution in [0.3, 0.4) is 0 Å². The van der Waals surface area contributed by atoms with Gasteiger partial charge in [-0.2, -0.15) is 0 Å². The fourth-order valence-corrected chi connectivity index (χ4v) is 3.70. The Hall–Kier alpha value is -0.860. The van der Waals surface area contributed by atoms with Gasteiger partial charge in [-0.3, -0.25) is 4.90 Å². The summed E-state index contributed by atoms with van der Waals surface area (Å²) in [4.78, 5) is 2.68. The first-order valence-corrected chi connectivity index (χ1v) is 8.61. The molecule has 0 aliphatic heterocycles. The van der Waals surface area contributed by atoms with Gasteiger partial charge in [0, 0.05) is 18.6 Å². The predicted molar refractivity (Wildman–Crippen MR) is 91.3 cm³/mol. The Kier molecular flexibility index (Phi) is 5.83. The van der Waals surface area contributed by atoms with Crippen LogP contribution in [0.25, 0.3) is 0 Å². The molecule has 0 heterocycles. The molecule has 118 valence electrons. The van der Waals surface area contributed by atoms with Crippen molar-refractivity contribution in [3.8, 4) is 0 Å². The third kappa shape index (κ3) is 3.87. The quantitative estimate of drug-likeness (QED) is 0.853. The van der Waals surface area contributed by atoms with Gasteiger partial charge in [0.2, 0.25) is 0 Å². The summed E-state index contributed by atoms with van der Waals surface area (Å²) in [5.74, 6) is 0.867. The zero-order chi connectivity index (χ0) is 15.3. The Bertz CT molecular complexity index is 433. The molecule has 2 N–H and O–H groups in total. The SMILES string of the molecule is CCCN(Cc1ccccc1C)C1(CN)CCC(C)CC1. The van der Waals surface area contributed by atoms with Crippen LogP contribution < -0.4 is 5.73 Å². The fraction of sp³-hybridized carbons (Fsp3) is 0.684. The van der Waals surface area contributed by atoms with Crippen molar-refractivity contribution < 1.29 is 0 Å². The Morgan fingerprint density at radius 2 is 1.90 bits per heavy atom. The Balaban J connectivity index is 2.18. The largest absolute Gasteiger partial charge is 0.329 e. The Morgan fingerprint density at radius 1 is 1.24 bits per heavy atom. The molecule has 0 bridgehead atoms. The van der Waals surface area contributed by atoms with Crippen molar-refractivity contribution in [3.05, 3.63) is 35.4 Å². The van der Waals surface area contributed by atoms with E-state index in [1.165, 1.54) is 43.2 Å². The zero-order valence-electron chi connectivity index (χ0n) is 14.1. The second-order valence-electron chi connectivity index (χ2n) is 6.96. The molecule has 1 aliphatic carbocycles. The average molecular weight is 288 g/mol. The van der Waals surface area contributed by atoms with Gasteiger partial charge < -0.3 is 5.73 Å². The van der Waals surface area contributed by atoms with Gasteiger partial charge in [-0.15, -0.1) is 0 Å². The van der Waals surface area contributed by atoms with E-state index in [1.54, 1.807) is 0 Å². The molecule has 0 amide bonds. The van der Waals surface area contributed by atoms with E-state index in [9.17, 15) is 0 Å². The first-order chi connectivity index (χ1) is 10.1. The fourth-order valence-electron chi connectivity index (χ4n) is 3.70. The highest BCUT2D eigenvalue weighted by Gasteiger charge is 2.38. The van der Waals surface area contributed by atoms with Crippen LogP contribution in [0.15, 0.2) is 24.3 Å². The number of benzene rings is 1. The monoisotopic (exact) mass is 288 g/mol. The molecule has 2 nitrogen and oxygen atoms in total. The molecule has 1 aromatic rings. The van der Waals surface area contributed by atoms with E-state index < -0.39 is 0 Å². The summed E-state index contributed by atoms with van der Waals surface area (Å²) in [6.07, 6.45) is 6.37. The molecule has 1 aliphatic rings. The molecular weight excluding hydrogens is 256 g/mol. The highest BCUT2D eigenvalue weighted by atomic mass is 15.2. The zero-order valence-corrected chi connectivity index (χ0v) is 14.1. The van der Waals surface area contributed by atoms with E-state index in [2.05, 4.69) is 49.9 Å². The van der Waals surface area contributed by atoms with Crippen molar-refractivity contribution in [1.82, 2.24) is 4.90 Å². The molecule has 1 fully saturated rings. The van der Waals surface area contributed by atoms with Crippen LogP contribution in [-0.2, 0) is 6.54 Å². The van der Waals surface area contributed by atoms with Crippen LogP contribution >= 0.6 is 0 Å². The van der Waals surface area contributed by atoms with Crippen LogP contribution in [0.1, 0.15) is 57.1 Å². The molecule has 1 saturated carbocycles. The molecule has 0 spiro atoms. The van der Waals surface area contributed by atoms with E-state index in [1.807, 2.05) is 0 Å². The van der Waals surface area contributed by atoms with Gasteiger partial charge >= 0.3 is 0 Å². The third-order valence-corrected chi connectivity index (χ3v) is 5.37. The maximum Gasteiger partial charge on any atom is 0.0335 e. The van der Waals surface area contributed by atoms with Crippen molar-refractivity contribution in [3.63, 3.8) is 0 Å². The number of nitrogens with two attached hydrogens (primary N) is 1. The summed E-state index contributed by atoms with van der Waals surface area (Å²) >= 11 is 0. The van der Waals surface area contributed by atoms with E-state index in [0.717, 1.165) is 25.6 Å². The Morgan fingerprint density at radius 3 is 2.48 bits per heavy atom.